The Kier molecular flexibility index (Phi) is 2.67. The van der Waals surface area contributed by atoms with Gasteiger partial charge in [-0.1, -0.05) is 28.1 Å². The standard InChI is InChI=1S/C10H12BrNO/c1-12-5-6-13-10(12)8-3-2-4-9(11)7-8/h2-4,7,10H,5-6H2,1H3. The molecular weight excluding hydrogens is 230 g/mol. The zero-order valence-corrected chi connectivity index (χ0v) is 9.12. The summed E-state index contributed by atoms with van der Waals surface area (Å²) >= 11 is 3.46. The van der Waals surface area contributed by atoms with E-state index in [1.807, 2.05) is 12.1 Å². The van der Waals surface area contributed by atoms with Crippen LogP contribution in [0.4, 0.5) is 0 Å². The largest absolute Gasteiger partial charge is 0.358 e. The van der Waals surface area contributed by atoms with Crippen LogP contribution in [-0.4, -0.2) is 25.1 Å². The maximum atomic E-state index is 5.61. The van der Waals surface area contributed by atoms with E-state index in [4.69, 9.17) is 4.74 Å². The van der Waals surface area contributed by atoms with Crippen LogP contribution in [0.15, 0.2) is 28.7 Å². The summed E-state index contributed by atoms with van der Waals surface area (Å²) in [5.41, 5.74) is 1.22. The van der Waals surface area contributed by atoms with Crippen molar-refractivity contribution in [3.05, 3.63) is 34.3 Å². The molecule has 1 saturated heterocycles. The normalized spacial score (nSPS) is 23.7. The lowest BCUT2D eigenvalue weighted by Gasteiger charge is -2.18. The van der Waals surface area contributed by atoms with Crippen LogP contribution in [0.2, 0.25) is 0 Å². The third-order valence-corrected chi connectivity index (χ3v) is 2.75. The van der Waals surface area contributed by atoms with Gasteiger partial charge in [0, 0.05) is 11.0 Å². The molecule has 2 rings (SSSR count). The fraction of sp³-hybridized carbons (Fsp3) is 0.400. The van der Waals surface area contributed by atoms with Crippen LogP contribution in [-0.2, 0) is 4.74 Å². The Morgan fingerprint density at radius 1 is 1.54 bits per heavy atom. The SMILES string of the molecule is CN1CCOC1c1cccc(Br)c1. The first-order valence-corrected chi connectivity index (χ1v) is 5.14. The topological polar surface area (TPSA) is 12.5 Å². The number of benzene rings is 1. The predicted octanol–water partition coefficient (Wildman–Crippen LogP) is 2.41. The van der Waals surface area contributed by atoms with Crippen molar-refractivity contribution in [1.82, 2.24) is 4.90 Å². The first-order chi connectivity index (χ1) is 6.27. The highest BCUT2D eigenvalue weighted by Gasteiger charge is 2.22. The van der Waals surface area contributed by atoms with Gasteiger partial charge in [0.2, 0.25) is 0 Å². The third-order valence-electron chi connectivity index (χ3n) is 2.25. The predicted molar refractivity (Wildman–Crippen MR) is 55.5 cm³/mol. The summed E-state index contributed by atoms with van der Waals surface area (Å²) in [6.07, 6.45) is 0.137. The highest BCUT2D eigenvalue weighted by Crippen LogP contribution is 2.26. The first kappa shape index (κ1) is 9.19. The molecule has 0 amide bonds. The Morgan fingerprint density at radius 2 is 2.38 bits per heavy atom. The molecule has 0 saturated carbocycles. The van der Waals surface area contributed by atoms with Gasteiger partial charge in [-0.05, 0) is 24.7 Å². The van der Waals surface area contributed by atoms with E-state index in [1.165, 1.54) is 5.56 Å². The van der Waals surface area contributed by atoms with Crippen molar-refractivity contribution in [2.45, 2.75) is 6.23 Å². The first-order valence-electron chi connectivity index (χ1n) is 4.35. The molecule has 1 atom stereocenters. The maximum absolute atomic E-state index is 5.61. The zero-order valence-electron chi connectivity index (χ0n) is 7.53. The van der Waals surface area contributed by atoms with Crippen LogP contribution in [0.1, 0.15) is 11.8 Å². The molecule has 13 heavy (non-hydrogen) atoms. The monoisotopic (exact) mass is 241 g/mol. The number of likely N-dealkylation sites (N-methyl/N-ethyl adjacent to an activating group) is 1. The van der Waals surface area contributed by atoms with Crippen molar-refractivity contribution in [3.8, 4) is 0 Å². The minimum Gasteiger partial charge on any atom is -0.358 e. The Morgan fingerprint density at radius 3 is 3.00 bits per heavy atom. The molecule has 1 unspecified atom stereocenters. The second-order valence-corrected chi connectivity index (χ2v) is 4.17. The Labute approximate surface area is 86.6 Å². The molecule has 1 aliphatic rings. The molecule has 1 aromatic rings. The second kappa shape index (κ2) is 3.78. The summed E-state index contributed by atoms with van der Waals surface area (Å²) in [5.74, 6) is 0. The summed E-state index contributed by atoms with van der Waals surface area (Å²) in [6, 6.07) is 8.26. The summed E-state index contributed by atoms with van der Waals surface area (Å²) < 4.78 is 6.72. The van der Waals surface area contributed by atoms with Crippen molar-refractivity contribution in [3.63, 3.8) is 0 Å². The van der Waals surface area contributed by atoms with E-state index in [1.54, 1.807) is 0 Å². The minimum atomic E-state index is 0.137. The molecule has 0 radical (unpaired) electrons. The Bertz CT molecular complexity index is 303. The number of nitrogens with zero attached hydrogens (tertiary/aromatic N) is 1. The van der Waals surface area contributed by atoms with Crippen LogP contribution < -0.4 is 0 Å². The summed E-state index contributed by atoms with van der Waals surface area (Å²) in [4.78, 5) is 2.21. The average molecular weight is 242 g/mol. The van der Waals surface area contributed by atoms with E-state index in [-0.39, 0.29) is 6.23 Å². The molecule has 1 aliphatic heterocycles. The molecule has 2 nitrogen and oxygen atoms in total. The van der Waals surface area contributed by atoms with E-state index in [9.17, 15) is 0 Å². The van der Waals surface area contributed by atoms with E-state index in [0.29, 0.717) is 0 Å². The van der Waals surface area contributed by atoms with Gasteiger partial charge in [-0.25, -0.2) is 0 Å². The molecule has 1 fully saturated rings. The lowest BCUT2D eigenvalue weighted by atomic mass is 10.2. The Hall–Kier alpha value is -0.380. The molecular formula is C10H12BrNO. The lowest BCUT2D eigenvalue weighted by molar-refractivity contribution is 0.0453. The number of ether oxygens (including phenoxy) is 1. The highest BCUT2D eigenvalue weighted by atomic mass is 79.9. The fourth-order valence-electron chi connectivity index (χ4n) is 1.56. The van der Waals surface area contributed by atoms with Crippen LogP contribution in [0.3, 0.4) is 0 Å². The van der Waals surface area contributed by atoms with Gasteiger partial charge >= 0.3 is 0 Å². The van der Waals surface area contributed by atoms with Gasteiger partial charge < -0.3 is 4.74 Å². The van der Waals surface area contributed by atoms with Gasteiger partial charge in [-0.2, -0.15) is 0 Å². The zero-order chi connectivity index (χ0) is 9.26. The Balaban J connectivity index is 2.24. The molecule has 3 heteroatoms. The smallest absolute Gasteiger partial charge is 0.136 e. The van der Waals surface area contributed by atoms with Crippen molar-refractivity contribution in [2.75, 3.05) is 20.2 Å². The molecule has 1 heterocycles. The van der Waals surface area contributed by atoms with Gasteiger partial charge in [0.1, 0.15) is 6.23 Å². The number of rotatable bonds is 1. The van der Waals surface area contributed by atoms with Crippen LogP contribution >= 0.6 is 15.9 Å². The van der Waals surface area contributed by atoms with Crippen molar-refractivity contribution >= 4 is 15.9 Å². The molecule has 0 spiro atoms. The van der Waals surface area contributed by atoms with Crippen molar-refractivity contribution < 1.29 is 4.74 Å². The number of hydrogen-bond acceptors (Lipinski definition) is 2. The second-order valence-electron chi connectivity index (χ2n) is 3.26. The summed E-state index contributed by atoms with van der Waals surface area (Å²) in [6.45, 7) is 1.84. The van der Waals surface area contributed by atoms with Gasteiger partial charge in [-0.15, -0.1) is 0 Å². The molecule has 0 N–H and O–H groups in total. The molecule has 0 aromatic heterocycles. The van der Waals surface area contributed by atoms with E-state index < -0.39 is 0 Å². The molecule has 0 bridgehead atoms. The third kappa shape index (κ3) is 1.93. The maximum Gasteiger partial charge on any atom is 0.136 e. The van der Waals surface area contributed by atoms with E-state index in [2.05, 4.69) is 40.0 Å². The molecule has 1 aromatic carbocycles. The molecule has 0 aliphatic carbocycles. The lowest BCUT2D eigenvalue weighted by Crippen LogP contribution is -2.18. The number of halogens is 1. The fourth-order valence-corrected chi connectivity index (χ4v) is 1.98. The average Bonchev–Trinajstić information content (AvgIpc) is 2.51. The van der Waals surface area contributed by atoms with Gasteiger partial charge in [0.15, 0.2) is 0 Å². The van der Waals surface area contributed by atoms with Gasteiger partial charge in [0.05, 0.1) is 6.61 Å². The van der Waals surface area contributed by atoms with Crippen LogP contribution in [0, 0.1) is 0 Å². The van der Waals surface area contributed by atoms with Crippen molar-refractivity contribution in [2.24, 2.45) is 0 Å². The summed E-state index contributed by atoms with van der Waals surface area (Å²) in [7, 11) is 2.08. The van der Waals surface area contributed by atoms with Crippen molar-refractivity contribution in [1.29, 1.82) is 0 Å². The van der Waals surface area contributed by atoms with Gasteiger partial charge in [-0.3, -0.25) is 4.90 Å². The van der Waals surface area contributed by atoms with Crippen LogP contribution in [0.25, 0.3) is 0 Å². The van der Waals surface area contributed by atoms with Gasteiger partial charge in [0.25, 0.3) is 0 Å². The van der Waals surface area contributed by atoms with Crippen LogP contribution in [0.5, 0.6) is 0 Å². The number of hydrogen-bond donors (Lipinski definition) is 0. The quantitative estimate of drug-likeness (QED) is 0.749. The van der Waals surface area contributed by atoms with E-state index >= 15 is 0 Å². The minimum absolute atomic E-state index is 0.137. The molecule has 70 valence electrons. The van der Waals surface area contributed by atoms with E-state index in [0.717, 1.165) is 17.6 Å². The summed E-state index contributed by atoms with van der Waals surface area (Å²) in [5, 5.41) is 0. The highest BCUT2D eigenvalue weighted by molar-refractivity contribution is 9.10.